The molecule has 1 N–H and O–H groups in total. The second-order valence-corrected chi connectivity index (χ2v) is 5.19. The van der Waals surface area contributed by atoms with E-state index in [2.05, 4.69) is 21.2 Å². The zero-order chi connectivity index (χ0) is 11.4. The van der Waals surface area contributed by atoms with Crippen LogP contribution in [0, 0.1) is 0 Å². The van der Waals surface area contributed by atoms with E-state index in [0.29, 0.717) is 0 Å². The highest BCUT2D eigenvalue weighted by molar-refractivity contribution is 9.10. The summed E-state index contributed by atoms with van der Waals surface area (Å²) in [5, 5.41) is 5.40. The molecule has 0 aliphatic carbocycles. The first-order valence-electron chi connectivity index (χ1n) is 4.89. The average molecular weight is 298 g/mol. The summed E-state index contributed by atoms with van der Waals surface area (Å²) >= 11 is 5.11. The fourth-order valence-corrected chi connectivity index (χ4v) is 2.43. The van der Waals surface area contributed by atoms with Gasteiger partial charge in [0, 0.05) is 10.2 Å². The van der Waals surface area contributed by atoms with E-state index in [1.807, 2.05) is 35.7 Å². The maximum absolute atomic E-state index is 5.26. The second-order valence-electron chi connectivity index (χ2n) is 3.27. The van der Waals surface area contributed by atoms with E-state index >= 15 is 0 Å². The van der Waals surface area contributed by atoms with E-state index in [1.54, 1.807) is 18.4 Å². The summed E-state index contributed by atoms with van der Waals surface area (Å²) in [5.41, 5.74) is 1.11. The van der Waals surface area contributed by atoms with Gasteiger partial charge in [-0.05, 0) is 35.7 Å². The molecule has 1 heterocycles. The first-order valence-corrected chi connectivity index (χ1v) is 6.56. The van der Waals surface area contributed by atoms with E-state index in [-0.39, 0.29) is 0 Å². The summed E-state index contributed by atoms with van der Waals surface area (Å²) < 4.78 is 6.35. The highest BCUT2D eigenvalue weighted by atomic mass is 79.9. The number of methoxy groups -OCH3 is 1. The Kier molecular flexibility index (Phi) is 3.85. The number of ether oxygens (including phenoxy) is 1. The van der Waals surface area contributed by atoms with E-state index < -0.39 is 0 Å². The van der Waals surface area contributed by atoms with Crippen molar-refractivity contribution in [2.24, 2.45) is 0 Å². The molecule has 0 aliphatic heterocycles. The predicted octanol–water partition coefficient (Wildman–Crippen LogP) is 4.13. The fraction of sp³-hybridized carbons (Fsp3) is 0.167. The van der Waals surface area contributed by atoms with Gasteiger partial charge in [0.25, 0.3) is 0 Å². The van der Waals surface area contributed by atoms with Gasteiger partial charge in [-0.3, -0.25) is 0 Å². The number of nitrogens with one attached hydrogen (secondary N) is 1. The number of rotatable bonds is 4. The number of hydrogen-bond acceptors (Lipinski definition) is 3. The van der Waals surface area contributed by atoms with Crippen molar-refractivity contribution in [1.29, 1.82) is 0 Å². The van der Waals surface area contributed by atoms with Crippen LogP contribution < -0.4 is 10.1 Å². The van der Waals surface area contributed by atoms with Crippen molar-refractivity contribution in [1.82, 2.24) is 0 Å². The van der Waals surface area contributed by atoms with Crippen LogP contribution in [0.15, 0.2) is 40.2 Å². The van der Waals surface area contributed by atoms with Gasteiger partial charge in [-0.1, -0.05) is 15.9 Å². The SMILES string of the molecule is COc1ccsc1CNc1ccc(Br)cc1. The Hall–Kier alpha value is -1.00. The van der Waals surface area contributed by atoms with Gasteiger partial charge in [-0.15, -0.1) is 11.3 Å². The zero-order valence-corrected chi connectivity index (χ0v) is 11.3. The molecule has 0 aliphatic rings. The molecule has 0 spiro atoms. The Labute approximate surface area is 107 Å². The van der Waals surface area contributed by atoms with Crippen LogP contribution in [-0.4, -0.2) is 7.11 Å². The Morgan fingerprint density at radius 1 is 1.25 bits per heavy atom. The smallest absolute Gasteiger partial charge is 0.134 e. The van der Waals surface area contributed by atoms with Crippen LogP contribution >= 0.6 is 27.3 Å². The molecule has 1 aromatic heterocycles. The predicted molar refractivity (Wildman–Crippen MR) is 72.3 cm³/mol. The average Bonchev–Trinajstić information content (AvgIpc) is 2.76. The maximum Gasteiger partial charge on any atom is 0.134 e. The Morgan fingerprint density at radius 2 is 2.00 bits per heavy atom. The van der Waals surface area contributed by atoms with Crippen molar-refractivity contribution in [2.45, 2.75) is 6.54 Å². The van der Waals surface area contributed by atoms with Gasteiger partial charge in [0.1, 0.15) is 5.75 Å². The third-order valence-corrected chi connectivity index (χ3v) is 3.65. The Morgan fingerprint density at radius 3 is 2.69 bits per heavy atom. The molecular formula is C12H12BrNOS. The normalized spacial score (nSPS) is 10.1. The quantitative estimate of drug-likeness (QED) is 0.916. The van der Waals surface area contributed by atoms with E-state index in [4.69, 9.17) is 4.74 Å². The highest BCUT2D eigenvalue weighted by Gasteiger charge is 2.03. The fourth-order valence-electron chi connectivity index (χ4n) is 1.39. The minimum absolute atomic E-state index is 0.794. The topological polar surface area (TPSA) is 21.3 Å². The van der Waals surface area contributed by atoms with Crippen molar-refractivity contribution in [3.8, 4) is 5.75 Å². The second kappa shape index (κ2) is 5.37. The molecule has 0 saturated carbocycles. The summed E-state index contributed by atoms with van der Waals surface area (Å²) in [4.78, 5) is 1.21. The first-order chi connectivity index (χ1) is 7.79. The summed E-state index contributed by atoms with van der Waals surface area (Å²) in [6, 6.07) is 10.1. The van der Waals surface area contributed by atoms with Crippen molar-refractivity contribution in [2.75, 3.05) is 12.4 Å². The van der Waals surface area contributed by atoms with E-state index in [1.165, 1.54) is 4.88 Å². The summed E-state index contributed by atoms with van der Waals surface area (Å²) in [7, 11) is 1.70. The minimum Gasteiger partial charge on any atom is -0.496 e. The largest absolute Gasteiger partial charge is 0.496 e. The van der Waals surface area contributed by atoms with Crippen molar-refractivity contribution < 1.29 is 4.74 Å². The van der Waals surface area contributed by atoms with Gasteiger partial charge in [0.15, 0.2) is 0 Å². The highest BCUT2D eigenvalue weighted by Crippen LogP contribution is 2.25. The lowest BCUT2D eigenvalue weighted by Crippen LogP contribution is -1.98. The van der Waals surface area contributed by atoms with E-state index in [0.717, 1.165) is 22.5 Å². The van der Waals surface area contributed by atoms with Crippen LogP contribution in [0.5, 0.6) is 5.75 Å². The third-order valence-electron chi connectivity index (χ3n) is 2.22. The van der Waals surface area contributed by atoms with Crippen molar-refractivity contribution >= 4 is 33.0 Å². The minimum atomic E-state index is 0.794. The van der Waals surface area contributed by atoms with Gasteiger partial charge in [0.2, 0.25) is 0 Å². The van der Waals surface area contributed by atoms with Gasteiger partial charge in [0.05, 0.1) is 18.5 Å². The Balaban J connectivity index is 1.99. The molecule has 0 radical (unpaired) electrons. The number of thiophene rings is 1. The van der Waals surface area contributed by atoms with Crippen LogP contribution in [0.4, 0.5) is 5.69 Å². The number of anilines is 1. The molecule has 0 saturated heterocycles. The summed E-state index contributed by atoms with van der Waals surface area (Å²) in [6.45, 7) is 0.794. The van der Waals surface area contributed by atoms with Crippen LogP contribution in [0.1, 0.15) is 4.88 Å². The lowest BCUT2D eigenvalue weighted by atomic mass is 10.3. The molecule has 2 aromatic rings. The van der Waals surface area contributed by atoms with Crippen molar-refractivity contribution in [3.63, 3.8) is 0 Å². The lowest BCUT2D eigenvalue weighted by molar-refractivity contribution is 0.413. The summed E-state index contributed by atoms with van der Waals surface area (Å²) in [6.07, 6.45) is 0. The van der Waals surface area contributed by atoms with Crippen LogP contribution in [0.3, 0.4) is 0 Å². The Bertz CT molecular complexity index is 452. The van der Waals surface area contributed by atoms with Crippen LogP contribution in [-0.2, 0) is 6.54 Å². The van der Waals surface area contributed by atoms with Crippen molar-refractivity contribution in [3.05, 3.63) is 45.1 Å². The number of benzene rings is 1. The van der Waals surface area contributed by atoms with Gasteiger partial charge < -0.3 is 10.1 Å². The molecular weight excluding hydrogens is 286 g/mol. The third kappa shape index (κ3) is 2.77. The molecule has 0 fully saturated rings. The summed E-state index contributed by atoms with van der Waals surface area (Å²) in [5.74, 6) is 0.953. The lowest BCUT2D eigenvalue weighted by Gasteiger charge is -2.06. The van der Waals surface area contributed by atoms with Crippen LogP contribution in [0.25, 0.3) is 0 Å². The standard InChI is InChI=1S/C12H12BrNOS/c1-15-11-6-7-16-12(11)8-14-10-4-2-9(13)3-5-10/h2-7,14H,8H2,1H3. The number of halogens is 1. The molecule has 84 valence electrons. The molecule has 0 unspecified atom stereocenters. The van der Waals surface area contributed by atoms with Crippen LogP contribution in [0.2, 0.25) is 0 Å². The molecule has 0 amide bonds. The maximum atomic E-state index is 5.26. The molecule has 1 aromatic carbocycles. The number of hydrogen-bond donors (Lipinski definition) is 1. The molecule has 16 heavy (non-hydrogen) atoms. The van der Waals surface area contributed by atoms with E-state index in [9.17, 15) is 0 Å². The first kappa shape index (κ1) is 11.5. The van der Waals surface area contributed by atoms with Gasteiger partial charge in [-0.2, -0.15) is 0 Å². The molecule has 4 heteroatoms. The monoisotopic (exact) mass is 297 g/mol. The molecule has 0 bridgehead atoms. The van der Waals surface area contributed by atoms with Gasteiger partial charge >= 0.3 is 0 Å². The molecule has 2 nitrogen and oxygen atoms in total. The van der Waals surface area contributed by atoms with Gasteiger partial charge in [-0.25, -0.2) is 0 Å². The molecule has 0 atom stereocenters. The molecule has 2 rings (SSSR count). The zero-order valence-electron chi connectivity index (χ0n) is 8.87.